The van der Waals surface area contributed by atoms with E-state index in [1.165, 1.54) is 37.3 Å². The summed E-state index contributed by atoms with van der Waals surface area (Å²) in [6.07, 6.45) is 2.09. The first-order valence-corrected chi connectivity index (χ1v) is 10.8. The first-order valence-electron chi connectivity index (χ1n) is 10.8. The Bertz CT molecular complexity index is 1250. The van der Waals surface area contributed by atoms with E-state index in [2.05, 4.69) is 10.6 Å². The van der Waals surface area contributed by atoms with Crippen molar-refractivity contribution in [3.05, 3.63) is 75.9 Å². The van der Waals surface area contributed by atoms with Crippen molar-refractivity contribution in [3.8, 4) is 5.75 Å². The number of non-ortho nitro benzene ring substituents is 1. The van der Waals surface area contributed by atoms with E-state index in [1.54, 1.807) is 12.1 Å². The molecular formula is C24H22N4O9. The second-order valence-electron chi connectivity index (χ2n) is 7.74. The molecule has 0 spiro atoms. The van der Waals surface area contributed by atoms with Crippen LogP contribution in [0.3, 0.4) is 0 Å². The summed E-state index contributed by atoms with van der Waals surface area (Å²) in [5.74, 6) is -2.82. The van der Waals surface area contributed by atoms with E-state index in [0.717, 1.165) is 17.1 Å². The molecule has 0 bridgehead atoms. The SMILES string of the molecule is CC(=O)OCc1ccc(OCc2ccc([N+](=O)[O-])cc2)c(NC(=O)CNC(=O)CN2C(=O)C=CC2=O)c1. The second kappa shape index (κ2) is 12.1. The Hall–Kier alpha value is -5.07. The lowest BCUT2D eigenvalue weighted by Gasteiger charge is -2.16. The van der Waals surface area contributed by atoms with E-state index < -0.39 is 47.6 Å². The highest BCUT2D eigenvalue weighted by atomic mass is 16.6. The predicted octanol–water partition coefficient (Wildman–Crippen LogP) is 1.22. The maximum atomic E-state index is 12.5. The molecule has 1 heterocycles. The van der Waals surface area contributed by atoms with Crippen LogP contribution < -0.4 is 15.4 Å². The summed E-state index contributed by atoms with van der Waals surface area (Å²) >= 11 is 0. The van der Waals surface area contributed by atoms with Gasteiger partial charge in [0.15, 0.2) is 0 Å². The summed E-state index contributed by atoms with van der Waals surface area (Å²) in [6, 6.07) is 10.5. The fourth-order valence-corrected chi connectivity index (χ4v) is 3.11. The number of hydrogen-bond acceptors (Lipinski definition) is 9. The number of hydrogen-bond donors (Lipinski definition) is 2. The minimum absolute atomic E-state index is 0.0345. The zero-order valence-corrected chi connectivity index (χ0v) is 19.6. The summed E-state index contributed by atoms with van der Waals surface area (Å²) < 4.78 is 10.8. The predicted molar refractivity (Wildman–Crippen MR) is 127 cm³/mol. The molecule has 2 N–H and O–H groups in total. The maximum Gasteiger partial charge on any atom is 0.302 e. The van der Waals surface area contributed by atoms with Crippen LogP contribution in [0.15, 0.2) is 54.6 Å². The van der Waals surface area contributed by atoms with Gasteiger partial charge in [0.25, 0.3) is 17.5 Å². The Morgan fingerprint density at radius 1 is 0.946 bits per heavy atom. The summed E-state index contributed by atoms with van der Waals surface area (Å²) in [6.45, 7) is 0.251. The molecule has 0 aliphatic carbocycles. The third-order valence-electron chi connectivity index (χ3n) is 4.95. The van der Waals surface area contributed by atoms with Crippen molar-refractivity contribution < 1.29 is 38.4 Å². The van der Waals surface area contributed by atoms with Crippen LogP contribution in [0.1, 0.15) is 18.1 Å². The van der Waals surface area contributed by atoms with Crippen molar-refractivity contribution in [2.75, 3.05) is 18.4 Å². The molecule has 0 saturated heterocycles. The van der Waals surface area contributed by atoms with Gasteiger partial charge in [0.2, 0.25) is 11.8 Å². The van der Waals surface area contributed by atoms with Crippen LogP contribution >= 0.6 is 0 Å². The van der Waals surface area contributed by atoms with Crippen molar-refractivity contribution in [3.63, 3.8) is 0 Å². The Morgan fingerprint density at radius 3 is 2.22 bits per heavy atom. The molecule has 3 rings (SSSR count). The number of benzene rings is 2. The molecule has 0 aromatic heterocycles. The monoisotopic (exact) mass is 510 g/mol. The van der Waals surface area contributed by atoms with Gasteiger partial charge in [0.1, 0.15) is 25.5 Å². The minimum Gasteiger partial charge on any atom is -0.487 e. The number of nitrogens with zero attached hydrogens (tertiary/aromatic N) is 2. The summed E-state index contributed by atoms with van der Waals surface area (Å²) in [7, 11) is 0. The molecule has 4 amide bonds. The lowest BCUT2D eigenvalue weighted by atomic mass is 10.2. The van der Waals surface area contributed by atoms with Crippen molar-refractivity contribution in [1.29, 1.82) is 0 Å². The van der Waals surface area contributed by atoms with Crippen LogP contribution in [0.25, 0.3) is 0 Å². The quantitative estimate of drug-likeness (QED) is 0.195. The molecule has 37 heavy (non-hydrogen) atoms. The molecule has 13 heteroatoms. The molecule has 0 fully saturated rings. The summed E-state index contributed by atoms with van der Waals surface area (Å²) in [5.41, 5.74) is 1.35. The van der Waals surface area contributed by atoms with Gasteiger partial charge in [-0.15, -0.1) is 0 Å². The van der Waals surface area contributed by atoms with Gasteiger partial charge < -0.3 is 20.1 Å². The largest absolute Gasteiger partial charge is 0.487 e. The first-order chi connectivity index (χ1) is 17.6. The number of amides is 4. The van der Waals surface area contributed by atoms with Crippen LogP contribution in [0, 0.1) is 10.1 Å². The number of nitro groups is 1. The third-order valence-corrected chi connectivity index (χ3v) is 4.95. The topological polar surface area (TPSA) is 174 Å². The van der Waals surface area contributed by atoms with E-state index >= 15 is 0 Å². The molecule has 2 aromatic carbocycles. The normalized spacial score (nSPS) is 12.3. The number of carbonyl (C=O) groups excluding carboxylic acids is 5. The van der Waals surface area contributed by atoms with Gasteiger partial charge in [-0.25, -0.2) is 0 Å². The molecule has 0 unspecified atom stereocenters. The fourth-order valence-electron chi connectivity index (χ4n) is 3.11. The van der Waals surface area contributed by atoms with Crippen LogP contribution in [0.4, 0.5) is 11.4 Å². The molecule has 0 atom stereocenters. The molecule has 1 aliphatic heterocycles. The molecule has 192 valence electrons. The van der Waals surface area contributed by atoms with Crippen molar-refractivity contribution in [2.45, 2.75) is 20.1 Å². The van der Waals surface area contributed by atoms with E-state index in [9.17, 15) is 34.1 Å². The standard InChI is InChI=1S/C24H22N4O9/c1-15(29)36-14-17-4-7-20(37-13-16-2-5-18(6-3-16)28(34)35)19(10-17)26-21(30)11-25-22(31)12-27-23(32)8-9-24(27)33/h2-10H,11-14H2,1H3,(H,25,31)(H,26,30). The molecule has 13 nitrogen and oxygen atoms in total. The zero-order valence-electron chi connectivity index (χ0n) is 19.6. The van der Waals surface area contributed by atoms with E-state index in [1.807, 2.05) is 0 Å². The molecule has 2 aromatic rings. The van der Waals surface area contributed by atoms with Crippen LogP contribution in [-0.4, -0.2) is 52.5 Å². The number of esters is 1. The Kier molecular flexibility index (Phi) is 8.65. The number of ether oxygens (including phenoxy) is 2. The van der Waals surface area contributed by atoms with E-state index in [0.29, 0.717) is 11.1 Å². The fraction of sp³-hybridized carbons (Fsp3) is 0.208. The number of carbonyl (C=O) groups is 5. The molecule has 0 saturated carbocycles. The Labute approximate surface area is 210 Å². The van der Waals surface area contributed by atoms with Crippen molar-refractivity contribution >= 4 is 41.0 Å². The van der Waals surface area contributed by atoms with Gasteiger partial charge in [0.05, 0.1) is 17.2 Å². The average molecular weight is 510 g/mol. The van der Waals surface area contributed by atoms with Crippen LogP contribution in [0.5, 0.6) is 5.75 Å². The zero-order chi connectivity index (χ0) is 26.9. The van der Waals surface area contributed by atoms with Gasteiger partial charge in [-0.05, 0) is 35.4 Å². The number of imide groups is 1. The van der Waals surface area contributed by atoms with Crippen molar-refractivity contribution in [2.24, 2.45) is 0 Å². The van der Waals surface area contributed by atoms with Gasteiger partial charge in [-0.2, -0.15) is 0 Å². The highest BCUT2D eigenvalue weighted by Crippen LogP contribution is 2.27. The third kappa shape index (κ3) is 7.71. The summed E-state index contributed by atoms with van der Waals surface area (Å²) in [5, 5.41) is 15.7. The number of anilines is 1. The smallest absolute Gasteiger partial charge is 0.302 e. The van der Waals surface area contributed by atoms with Gasteiger partial charge >= 0.3 is 5.97 Å². The van der Waals surface area contributed by atoms with Crippen LogP contribution in [0.2, 0.25) is 0 Å². The minimum atomic E-state index is -0.709. The number of nitrogens with one attached hydrogen (secondary N) is 2. The number of rotatable bonds is 11. The molecule has 0 radical (unpaired) electrons. The van der Waals surface area contributed by atoms with E-state index in [-0.39, 0.29) is 30.3 Å². The van der Waals surface area contributed by atoms with Crippen LogP contribution in [-0.2, 0) is 41.9 Å². The maximum absolute atomic E-state index is 12.5. The first kappa shape index (κ1) is 26.5. The lowest BCUT2D eigenvalue weighted by Crippen LogP contribution is -2.42. The van der Waals surface area contributed by atoms with Gasteiger partial charge in [0, 0.05) is 31.2 Å². The van der Waals surface area contributed by atoms with Crippen molar-refractivity contribution in [1.82, 2.24) is 10.2 Å². The highest BCUT2D eigenvalue weighted by molar-refractivity contribution is 6.14. The lowest BCUT2D eigenvalue weighted by molar-refractivity contribution is -0.384. The van der Waals surface area contributed by atoms with E-state index in [4.69, 9.17) is 9.47 Å². The molecular weight excluding hydrogens is 488 g/mol. The second-order valence-corrected chi connectivity index (χ2v) is 7.74. The molecule has 1 aliphatic rings. The van der Waals surface area contributed by atoms with Gasteiger partial charge in [-0.1, -0.05) is 6.07 Å². The Balaban J connectivity index is 1.64. The Morgan fingerprint density at radius 2 is 1.59 bits per heavy atom. The summed E-state index contributed by atoms with van der Waals surface area (Å²) in [4.78, 5) is 69.8. The highest BCUT2D eigenvalue weighted by Gasteiger charge is 2.25. The van der Waals surface area contributed by atoms with Gasteiger partial charge in [-0.3, -0.25) is 39.0 Å². The number of nitro benzene ring substituents is 1. The average Bonchev–Trinajstić information content (AvgIpc) is 3.18.